The van der Waals surface area contributed by atoms with Gasteiger partial charge in [-0.25, -0.2) is 0 Å². The van der Waals surface area contributed by atoms with Crippen LogP contribution in [0.15, 0.2) is 11.6 Å². The summed E-state index contributed by atoms with van der Waals surface area (Å²) in [6.45, 7) is 8.28. The first-order valence-electron chi connectivity index (χ1n) is 11.3. The number of allylic oxidation sites excluding steroid dienone is 1. The average molecular weight is 389 g/mol. The molecule has 0 amide bonds. The summed E-state index contributed by atoms with van der Waals surface area (Å²) in [7, 11) is 0. The Kier molecular flexibility index (Phi) is 4.91. The van der Waals surface area contributed by atoms with Crippen molar-refractivity contribution in [2.75, 3.05) is 0 Å². The summed E-state index contributed by atoms with van der Waals surface area (Å²) in [6, 6.07) is 0. The molecule has 0 aromatic heterocycles. The Morgan fingerprint density at radius 3 is 2.57 bits per heavy atom. The maximum atomic E-state index is 11.7. The number of hydrogen-bond donors (Lipinski definition) is 1. The number of carbonyl (C=O) groups is 2. The maximum Gasteiger partial charge on any atom is 0.306 e. The van der Waals surface area contributed by atoms with E-state index in [0.29, 0.717) is 23.7 Å². The maximum absolute atomic E-state index is 11.7. The van der Waals surface area contributed by atoms with Crippen molar-refractivity contribution >= 4 is 11.9 Å². The summed E-state index contributed by atoms with van der Waals surface area (Å²) in [5, 5.41) is 9.62. The van der Waals surface area contributed by atoms with E-state index < -0.39 is 5.97 Å². The predicted octanol–water partition coefficient (Wildman–Crippen LogP) is 5.22. The zero-order valence-electron chi connectivity index (χ0n) is 17.9. The SMILES string of the molecule is CC(=O)O[C@H]1CC[C@@]2(C)C(=CCC3C2CC[C@@]2(C)C3CC[C@@H]2[C@H](C)C(=O)O)C1. The molecule has 0 aromatic carbocycles. The van der Waals surface area contributed by atoms with Gasteiger partial charge in [-0.1, -0.05) is 32.4 Å². The largest absolute Gasteiger partial charge is 0.481 e. The first-order valence-corrected chi connectivity index (χ1v) is 11.3. The van der Waals surface area contributed by atoms with Gasteiger partial charge in [-0.3, -0.25) is 9.59 Å². The highest BCUT2D eigenvalue weighted by Gasteiger charge is 2.59. The fourth-order valence-corrected chi connectivity index (χ4v) is 8.00. The Morgan fingerprint density at radius 2 is 1.89 bits per heavy atom. The fourth-order valence-electron chi connectivity index (χ4n) is 8.00. The molecule has 0 spiro atoms. The zero-order valence-corrected chi connectivity index (χ0v) is 17.9. The van der Waals surface area contributed by atoms with Crippen molar-refractivity contribution < 1.29 is 19.4 Å². The molecule has 0 aromatic rings. The molecule has 4 aliphatic carbocycles. The molecule has 156 valence electrons. The number of ether oxygens (including phenoxy) is 1. The van der Waals surface area contributed by atoms with Crippen molar-refractivity contribution in [3.05, 3.63) is 11.6 Å². The molecule has 4 heteroatoms. The molecule has 8 atom stereocenters. The van der Waals surface area contributed by atoms with Crippen LogP contribution in [0.5, 0.6) is 0 Å². The Labute approximate surface area is 169 Å². The molecule has 3 fully saturated rings. The molecule has 0 bridgehead atoms. The quantitative estimate of drug-likeness (QED) is 0.532. The third kappa shape index (κ3) is 2.93. The van der Waals surface area contributed by atoms with E-state index in [2.05, 4.69) is 19.9 Å². The van der Waals surface area contributed by atoms with E-state index in [4.69, 9.17) is 4.74 Å². The lowest BCUT2D eigenvalue weighted by Crippen LogP contribution is -2.51. The van der Waals surface area contributed by atoms with Gasteiger partial charge < -0.3 is 9.84 Å². The van der Waals surface area contributed by atoms with Crippen molar-refractivity contribution in [1.29, 1.82) is 0 Å². The molecule has 0 heterocycles. The van der Waals surface area contributed by atoms with Gasteiger partial charge in [0.2, 0.25) is 0 Å². The number of rotatable bonds is 3. The Balaban J connectivity index is 1.57. The Bertz CT molecular complexity index is 697. The summed E-state index contributed by atoms with van der Waals surface area (Å²) in [5.74, 6) is 1.31. The van der Waals surface area contributed by atoms with Gasteiger partial charge >= 0.3 is 11.9 Å². The lowest BCUT2D eigenvalue weighted by Gasteiger charge is -2.58. The second-order valence-electron chi connectivity index (χ2n) is 10.6. The smallest absolute Gasteiger partial charge is 0.306 e. The topological polar surface area (TPSA) is 63.6 Å². The van der Waals surface area contributed by atoms with Crippen LogP contribution in [0.4, 0.5) is 0 Å². The number of esters is 1. The molecule has 28 heavy (non-hydrogen) atoms. The van der Waals surface area contributed by atoms with Crippen LogP contribution < -0.4 is 0 Å². The highest BCUT2D eigenvalue weighted by Crippen LogP contribution is 2.67. The molecule has 4 rings (SSSR count). The minimum absolute atomic E-state index is 0.0505. The van der Waals surface area contributed by atoms with E-state index in [1.54, 1.807) is 0 Å². The van der Waals surface area contributed by atoms with E-state index in [0.717, 1.165) is 38.5 Å². The normalized spacial score (nSPS) is 45.9. The predicted molar refractivity (Wildman–Crippen MR) is 108 cm³/mol. The molecule has 0 saturated heterocycles. The van der Waals surface area contributed by atoms with Crippen molar-refractivity contribution in [2.24, 2.45) is 40.4 Å². The van der Waals surface area contributed by atoms with Crippen LogP contribution in [0.25, 0.3) is 0 Å². The molecule has 3 saturated carbocycles. The van der Waals surface area contributed by atoms with E-state index in [1.165, 1.54) is 25.3 Å². The average Bonchev–Trinajstić information content (AvgIpc) is 2.98. The van der Waals surface area contributed by atoms with Gasteiger partial charge in [-0.2, -0.15) is 0 Å². The van der Waals surface area contributed by atoms with Crippen molar-refractivity contribution in [1.82, 2.24) is 0 Å². The van der Waals surface area contributed by atoms with Gasteiger partial charge in [-0.15, -0.1) is 0 Å². The Hall–Kier alpha value is -1.32. The Morgan fingerprint density at radius 1 is 1.14 bits per heavy atom. The minimum atomic E-state index is -0.629. The van der Waals surface area contributed by atoms with Crippen LogP contribution in [0.2, 0.25) is 0 Å². The number of carboxylic acids is 1. The second-order valence-corrected chi connectivity index (χ2v) is 10.6. The third-order valence-electron chi connectivity index (χ3n) is 9.46. The minimum Gasteiger partial charge on any atom is -0.481 e. The third-order valence-corrected chi connectivity index (χ3v) is 9.46. The van der Waals surface area contributed by atoms with Gasteiger partial charge in [0, 0.05) is 13.3 Å². The summed E-state index contributed by atoms with van der Waals surface area (Å²) in [5.41, 5.74) is 1.93. The van der Waals surface area contributed by atoms with Crippen molar-refractivity contribution in [3.8, 4) is 0 Å². The van der Waals surface area contributed by atoms with Crippen molar-refractivity contribution in [3.63, 3.8) is 0 Å². The highest BCUT2D eigenvalue weighted by atomic mass is 16.5. The monoisotopic (exact) mass is 388 g/mol. The molecular weight excluding hydrogens is 352 g/mol. The standard InChI is InChI=1S/C24H36O4/c1-14(22(26)27)19-7-8-20-18-6-5-16-13-17(28-15(2)25)9-11-23(16,3)21(18)10-12-24(19,20)4/h5,14,17-21H,6-13H2,1-4H3,(H,26,27)/t14-,17-,18?,19+,20?,21?,23-,24+/m0/s1. The molecule has 4 nitrogen and oxygen atoms in total. The van der Waals surface area contributed by atoms with Crippen LogP contribution in [0.1, 0.15) is 79.1 Å². The molecule has 1 N–H and O–H groups in total. The molecular formula is C24H36O4. The molecule has 0 aliphatic heterocycles. The van der Waals surface area contributed by atoms with E-state index in [-0.39, 0.29) is 28.8 Å². The zero-order chi connectivity index (χ0) is 20.3. The van der Waals surface area contributed by atoms with Crippen LogP contribution in [-0.4, -0.2) is 23.1 Å². The van der Waals surface area contributed by atoms with Crippen LogP contribution >= 0.6 is 0 Å². The number of aliphatic carboxylic acids is 1. The van der Waals surface area contributed by atoms with Gasteiger partial charge in [0.1, 0.15) is 6.10 Å². The molecule has 3 unspecified atom stereocenters. The summed E-state index contributed by atoms with van der Waals surface area (Å²) >= 11 is 0. The second kappa shape index (κ2) is 6.88. The van der Waals surface area contributed by atoms with Crippen LogP contribution in [0.3, 0.4) is 0 Å². The van der Waals surface area contributed by atoms with Gasteiger partial charge in [0.25, 0.3) is 0 Å². The molecule has 4 aliphatic rings. The summed E-state index contributed by atoms with van der Waals surface area (Å²) in [4.78, 5) is 23.1. The van der Waals surface area contributed by atoms with E-state index in [9.17, 15) is 14.7 Å². The number of carbonyl (C=O) groups excluding carboxylic acids is 1. The number of hydrogen-bond acceptors (Lipinski definition) is 3. The van der Waals surface area contributed by atoms with Crippen LogP contribution in [-0.2, 0) is 14.3 Å². The summed E-state index contributed by atoms with van der Waals surface area (Å²) in [6.07, 6.45) is 11.3. The van der Waals surface area contributed by atoms with Gasteiger partial charge in [0.15, 0.2) is 0 Å². The van der Waals surface area contributed by atoms with Crippen molar-refractivity contribution in [2.45, 2.75) is 85.2 Å². The van der Waals surface area contributed by atoms with E-state index >= 15 is 0 Å². The first kappa shape index (κ1) is 20.0. The fraction of sp³-hybridized carbons (Fsp3) is 0.833. The van der Waals surface area contributed by atoms with Gasteiger partial charge in [-0.05, 0) is 79.4 Å². The van der Waals surface area contributed by atoms with Crippen LogP contribution in [0, 0.1) is 40.4 Å². The lowest BCUT2D eigenvalue weighted by molar-refractivity contribution is -0.148. The molecule has 0 radical (unpaired) electrons. The first-order chi connectivity index (χ1) is 13.2. The van der Waals surface area contributed by atoms with E-state index in [1.807, 2.05) is 6.92 Å². The van der Waals surface area contributed by atoms with Gasteiger partial charge in [0.05, 0.1) is 5.92 Å². The lowest BCUT2D eigenvalue weighted by atomic mass is 9.47. The summed E-state index contributed by atoms with van der Waals surface area (Å²) < 4.78 is 5.53. The highest BCUT2D eigenvalue weighted by molar-refractivity contribution is 5.70. The number of carboxylic acid groups (broad SMARTS) is 1. The number of fused-ring (bicyclic) bond motifs is 5.